The van der Waals surface area contributed by atoms with Crippen molar-refractivity contribution >= 4 is 6.09 Å². The average molecular weight is 255 g/mol. The van der Waals surface area contributed by atoms with Gasteiger partial charge >= 0.3 is 6.09 Å². The summed E-state index contributed by atoms with van der Waals surface area (Å²) in [5.74, 6) is 0. The molecule has 0 aromatic rings. The van der Waals surface area contributed by atoms with Crippen molar-refractivity contribution in [2.24, 2.45) is 0 Å². The van der Waals surface area contributed by atoms with Crippen LogP contribution in [0.3, 0.4) is 0 Å². The summed E-state index contributed by atoms with van der Waals surface area (Å²) in [4.78, 5) is 14.4. The predicted molar refractivity (Wildman–Crippen MR) is 74.7 cm³/mol. The van der Waals surface area contributed by atoms with E-state index in [4.69, 9.17) is 4.74 Å². The Labute approximate surface area is 112 Å². The van der Waals surface area contributed by atoms with Crippen LogP contribution < -0.4 is 0 Å². The minimum atomic E-state index is -0.140. The number of amides is 1. The monoisotopic (exact) mass is 255 g/mol. The number of ether oxygens (including phenoxy) is 1. The van der Waals surface area contributed by atoms with Gasteiger partial charge in [0.15, 0.2) is 0 Å². The molecule has 1 rings (SSSR count). The number of piperidine rings is 1. The summed E-state index contributed by atoms with van der Waals surface area (Å²) >= 11 is 0. The number of carbonyl (C=O) groups is 1. The molecular weight excluding hydrogens is 226 g/mol. The van der Waals surface area contributed by atoms with E-state index in [1.54, 1.807) is 0 Å². The molecule has 0 radical (unpaired) electrons. The van der Waals surface area contributed by atoms with Crippen LogP contribution in [0.15, 0.2) is 0 Å². The molecule has 0 atom stereocenters. The molecule has 0 bridgehead atoms. The van der Waals surface area contributed by atoms with Crippen molar-refractivity contribution in [3.05, 3.63) is 0 Å². The molecule has 0 aromatic heterocycles. The minimum Gasteiger partial charge on any atom is -0.446 e. The van der Waals surface area contributed by atoms with E-state index in [1.165, 1.54) is 6.42 Å². The van der Waals surface area contributed by atoms with Crippen LogP contribution in [0.25, 0.3) is 0 Å². The van der Waals surface area contributed by atoms with Gasteiger partial charge in [-0.05, 0) is 59.8 Å². The summed E-state index contributed by atoms with van der Waals surface area (Å²) in [5, 5.41) is 0. The lowest BCUT2D eigenvalue weighted by Crippen LogP contribution is -2.61. The first-order valence-electron chi connectivity index (χ1n) is 7.25. The van der Waals surface area contributed by atoms with Crippen LogP contribution in [-0.2, 0) is 4.74 Å². The van der Waals surface area contributed by atoms with Crippen LogP contribution in [-0.4, -0.2) is 28.2 Å². The molecule has 18 heavy (non-hydrogen) atoms. The van der Waals surface area contributed by atoms with Gasteiger partial charge in [0, 0.05) is 11.1 Å². The van der Waals surface area contributed by atoms with E-state index in [0.29, 0.717) is 0 Å². The normalized spacial score (nSPS) is 22.1. The van der Waals surface area contributed by atoms with Gasteiger partial charge in [0.1, 0.15) is 6.10 Å². The first-order chi connectivity index (χ1) is 8.24. The molecule has 0 unspecified atom stereocenters. The third kappa shape index (κ3) is 3.18. The van der Waals surface area contributed by atoms with Gasteiger partial charge in [-0.25, -0.2) is 4.79 Å². The van der Waals surface area contributed by atoms with Crippen LogP contribution in [0.1, 0.15) is 73.6 Å². The van der Waals surface area contributed by atoms with E-state index in [-0.39, 0.29) is 23.3 Å². The molecule has 1 aliphatic heterocycles. The van der Waals surface area contributed by atoms with Gasteiger partial charge in [-0.3, -0.25) is 4.90 Å². The van der Waals surface area contributed by atoms with Crippen molar-refractivity contribution in [3.63, 3.8) is 0 Å². The minimum absolute atomic E-state index is 0.0472. The van der Waals surface area contributed by atoms with Gasteiger partial charge < -0.3 is 4.74 Å². The van der Waals surface area contributed by atoms with Crippen molar-refractivity contribution in [2.75, 3.05) is 0 Å². The highest BCUT2D eigenvalue weighted by atomic mass is 16.6. The van der Waals surface area contributed by atoms with Crippen LogP contribution in [0.4, 0.5) is 4.79 Å². The molecule has 1 fully saturated rings. The predicted octanol–water partition coefficient (Wildman–Crippen LogP) is 4.35. The summed E-state index contributed by atoms with van der Waals surface area (Å²) < 4.78 is 5.65. The zero-order valence-corrected chi connectivity index (χ0v) is 12.9. The smallest absolute Gasteiger partial charge is 0.410 e. The van der Waals surface area contributed by atoms with Crippen molar-refractivity contribution in [3.8, 4) is 0 Å². The van der Waals surface area contributed by atoms with Gasteiger partial charge in [-0.2, -0.15) is 0 Å². The molecule has 1 heterocycles. The number of hydrogen-bond acceptors (Lipinski definition) is 2. The Kier molecular flexibility index (Phi) is 4.68. The highest BCUT2D eigenvalue weighted by Crippen LogP contribution is 2.38. The molecule has 0 spiro atoms. The van der Waals surface area contributed by atoms with Crippen LogP contribution in [0.2, 0.25) is 0 Å². The summed E-state index contributed by atoms with van der Waals surface area (Å²) in [5.41, 5.74) is -0.213. The summed E-state index contributed by atoms with van der Waals surface area (Å²) in [6.45, 7) is 12.7. The molecule has 0 N–H and O–H groups in total. The van der Waals surface area contributed by atoms with Crippen LogP contribution in [0.5, 0.6) is 0 Å². The zero-order chi connectivity index (χ0) is 14.0. The van der Waals surface area contributed by atoms with E-state index < -0.39 is 0 Å². The fourth-order valence-corrected chi connectivity index (χ4v) is 3.14. The lowest BCUT2D eigenvalue weighted by molar-refractivity contribution is -0.0371. The van der Waals surface area contributed by atoms with E-state index in [2.05, 4.69) is 41.5 Å². The zero-order valence-electron chi connectivity index (χ0n) is 12.9. The van der Waals surface area contributed by atoms with Gasteiger partial charge in [-0.1, -0.05) is 13.8 Å². The SMILES string of the molecule is CCC(CC)OC(=O)N1C(C)(C)CCCC1(C)C. The lowest BCUT2D eigenvalue weighted by Gasteiger charge is -2.52. The van der Waals surface area contributed by atoms with Crippen molar-refractivity contribution < 1.29 is 9.53 Å². The van der Waals surface area contributed by atoms with Crippen LogP contribution >= 0.6 is 0 Å². The Hall–Kier alpha value is -0.730. The number of likely N-dealkylation sites (tertiary alicyclic amines) is 1. The van der Waals surface area contributed by atoms with Gasteiger partial charge in [0.25, 0.3) is 0 Å². The Balaban J connectivity index is 2.85. The molecule has 0 saturated carbocycles. The maximum absolute atomic E-state index is 12.5. The Bertz CT molecular complexity index is 277. The number of nitrogens with zero attached hydrogens (tertiary/aromatic N) is 1. The summed E-state index contributed by atoms with van der Waals surface area (Å²) in [7, 11) is 0. The molecule has 1 aliphatic rings. The van der Waals surface area contributed by atoms with Crippen molar-refractivity contribution in [1.82, 2.24) is 4.90 Å². The van der Waals surface area contributed by atoms with E-state index in [0.717, 1.165) is 25.7 Å². The first-order valence-corrected chi connectivity index (χ1v) is 7.25. The van der Waals surface area contributed by atoms with Crippen molar-refractivity contribution in [2.45, 2.75) is 90.8 Å². The molecule has 3 heteroatoms. The Morgan fingerprint density at radius 1 is 1.11 bits per heavy atom. The second kappa shape index (κ2) is 5.50. The topological polar surface area (TPSA) is 29.5 Å². The van der Waals surface area contributed by atoms with E-state index in [9.17, 15) is 4.79 Å². The fourth-order valence-electron chi connectivity index (χ4n) is 3.14. The number of carbonyl (C=O) groups excluding carboxylic acids is 1. The van der Waals surface area contributed by atoms with Crippen molar-refractivity contribution in [1.29, 1.82) is 0 Å². The van der Waals surface area contributed by atoms with Crippen LogP contribution in [0, 0.1) is 0 Å². The van der Waals surface area contributed by atoms with Gasteiger partial charge in [0.05, 0.1) is 0 Å². The van der Waals surface area contributed by atoms with Gasteiger partial charge in [-0.15, -0.1) is 0 Å². The summed E-state index contributed by atoms with van der Waals surface area (Å²) in [6.07, 6.45) is 4.95. The largest absolute Gasteiger partial charge is 0.446 e. The second-order valence-corrected chi connectivity index (χ2v) is 6.64. The van der Waals surface area contributed by atoms with E-state index >= 15 is 0 Å². The molecular formula is C15H29NO2. The lowest BCUT2D eigenvalue weighted by atomic mass is 9.80. The Morgan fingerprint density at radius 2 is 1.56 bits per heavy atom. The van der Waals surface area contributed by atoms with E-state index in [1.807, 2.05) is 4.90 Å². The number of hydrogen-bond donors (Lipinski definition) is 0. The van der Waals surface area contributed by atoms with Gasteiger partial charge in [0.2, 0.25) is 0 Å². The standard InChI is InChI=1S/C15H29NO2/c1-7-12(8-2)18-13(17)16-14(3,4)10-9-11-15(16,5)6/h12H,7-11H2,1-6H3. The average Bonchev–Trinajstić information content (AvgIpc) is 2.23. The first kappa shape index (κ1) is 15.3. The molecule has 1 saturated heterocycles. The molecule has 1 amide bonds. The Morgan fingerprint density at radius 3 is 1.94 bits per heavy atom. The fraction of sp³-hybridized carbons (Fsp3) is 0.933. The molecule has 106 valence electrons. The highest BCUT2D eigenvalue weighted by molar-refractivity contribution is 5.70. The quantitative estimate of drug-likeness (QED) is 0.750. The highest BCUT2D eigenvalue weighted by Gasteiger charge is 2.45. The maximum atomic E-state index is 12.5. The second-order valence-electron chi connectivity index (χ2n) is 6.64. The summed E-state index contributed by atoms with van der Waals surface area (Å²) in [6, 6.07) is 0. The molecule has 0 aromatic carbocycles. The third-order valence-electron chi connectivity index (χ3n) is 4.15. The third-order valence-corrected chi connectivity index (χ3v) is 4.15. The molecule has 0 aliphatic carbocycles. The molecule has 3 nitrogen and oxygen atoms in total. The maximum Gasteiger partial charge on any atom is 0.410 e. The number of rotatable bonds is 3.